The van der Waals surface area contributed by atoms with E-state index in [0.717, 1.165) is 25.9 Å². The van der Waals surface area contributed by atoms with Gasteiger partial charge in [0.1, 0.15) is 0 Å². The third kappa shape index (κ3) is 4.01. The SMILES string of the molecule is O=C(NCC1CCCNC1)c1cc(Br)cc([N+](=O)[O-])c1. The van der Waals surface area contributed by atoms with E-state index >= 15 is 0 Å². The molecule has 1 saturated heterocycles. The fourth-order valence-electron chi connectivity index (χ4n) is 2.25. The van der Waals surface area contributed by atoms with Crippen molar-refractivity contribution in [3.8, 4) is 0 Å². The molecule has 0 aromatic heterocycles. The summed E-state index contributed by atoms with van der Waals surface area (Å²) in [4.78, 5) is 22.3. The van der Waals surface area contributed by atoms with E-state index in [-0.39, 0.29) is 11.6 Å². The molecule has 2 N–H and O–H groups in total. The first-order chi connectivity index (χ1) is 9.56. The third-order valence-electron chi connectivity index (χ3n) is 3.31. The predicted octanol–water partition coefficient (Wildman–Crippen LogP) is 2.09. The molecule has 0 aliphatic carbocycles. The van der Waals surface area contributed by atoms with Gasteiger partial charge in [0, 0.05) is 28.7 Å². The van der Waals surface area contributed by atoms with Gasteiger partial charge >= 0.3 is 0 Å². The number of piperidine rings is 1. The number of carbonyl (C=O) groups excluding carboxylic acids is 1. The molecule has 1 unspecified atom stereocenters. The highest BCUT2D eigenvalue weighted by atomic mass is 79.9. The lowest BCUT2D eigenvalue weighted by molar-refractivity contribution is -0.385. The van der Waals surface area contributed by atoms with Crippen molar-refractivity contribution in [3.05, 3.63) is 38.3 Å². The molecular formula is C13H16BrN3O3. The number of nitrogens with one attached hydrogen (secondary N) is 2. The van der Waals surface area contributed by atoms with Crippen molar-refractivity contribution in [1.29, 1.82) is 0 Å². The molecule has 20 heavy (non-hydrogen) atoms. The Bertz CT molecular complexity index is 516. The van der Waals surface area contributed by atoms with Gasteiger partial charge in [-0.2, -0.15) is 0 Å². The second-order valence-electron chi connectivity index (χ2n) is 4.88. The molecule has 1 fully saturated rings. The van der Waals surface area contributed by atoms with Crippen molar-refractivity contribution in [2.75, 3.05) is 19.6 Å². The number of nitro benzene ring substituents is 1. The van der Waals surface area contributed by atoms with Crippen molar-refractivity contribution in [1.82, 2.24) is 10.6 Å². The molecule has 6 nitrogen and oxygen atoms in total. The highest BCUT2D eigenvalue weighted by Crippen LogP contribution is 2.21. The lowest BCUT2D eigenvalue weighted by Gasteiger charge is -2.22. The molecular weight excluding hydrogens is 326 g/mol. The second-order valence-corrected chi connectivity index (χ2v) is 5.79. The van der Waals surface area contributed by atoms with Crippen molar-refractivity contribution in [2.45, 2.75) is 12.8 Å². The summed E-state index contributed by atoms with van der Waals surface area (Å²) < 4.78 is 0.524. The van der Waals surface area contributed by atoms with Gasteiger partial charge in [0.2, 0.25) is 0 Å². The fraction of sp³-hybridized carbons (Fsp3) is 0.462. The van der Waals surface area contributed by atoms with Gasteiger partial charge in [-0.05, 0) is 37.9 Å². The number of rotatable bonds is 4. The number of halogens is 1. The highest BCUT2D eigenvalue weighted by molar-refractivity contribution is 9.10. The largest absolute Gasteiger partial charge is 0.352 e. The lowest BCUT2D eigenvalue weighted by atomic mass is 9.99. The summed E-state index contributed by atoms with van der Waals surface area (Å²) >= 11 is 3.18. The van der Waals surface area contributed by atoms with Crippen molar-refractivity contribution >= 4 is 27.5 Å². The van der Waals surface area contributed by atoms with Gasteiger partial charge in [0.15, 0.2) is 0 Å². The summed E-state index contributed by atoms with van der Waals surface area (Å²) in [5.41, 5.74) is 0.207. The Hall–Kier alpha value is -1.47. The predicted molar refractivity (Wildman–Crippen MR) is 78.7 cm³/mol. The molecule has 0 bridgehead atoms. The van der Waals surface area contributed by atoms with E-state index < -0.39 is 4.92 Å². The van der Waals surface area contributed by atoms with Crippen LogP contribution in [0, 0.1) is 16.0 Å². The zero-order chi connectivity index (χ0) is 14.5. The van der Waals surface area contributed by atoms with E-state index in [9.17, 15) is 14.9 Å². The first-order valence-corrected chi connectivity index (χ1v) is 7.29. The van der Waals surface area contributed by atoms with E-state index in [1.807, 2.05) is 0 Å². The zero-order valence-electron chi connectivity index (χ0n) is 10.9. The van der Waals surface area contributed by atoms with Crippen LogP contribution in [0.1, 0.15) is 23.2 Å². The molecule has 1 aliphatic heterocycles. The normalized spacial score (nSPS) is 18.6. The van der Waals surface area contributed by atoms with E-state index in [4.69, 9.17) is 0 Å². The zero-order valence-corrected chi connectivity index (χ0v) is 12.5. The molecule has 7 heteroatoms. The maximum absolute atomic E-state index is 12.0. The Kier molecular flexibility index (Phi) is 5.08. The van der Waals surface area contributed by atoms with E-state index in [2.05, 4.69) is 26.6 Å². The van der Waals surface area contributed by atoms with Gasteiger partial charge in [-0.15, -0.1) is 0 Å². The molecule has 1 heterocycles. The summed E-state index contributed by atoms with van der Waals surface area (Å²) in [6, 6.07) is 4.25. The van der Waals surface area contributed by atoms with Crippen molar-refractivity contribution < 1.29 is 9.72 Å². The average Bonchev–Trinajstić information content (AvgIpc) is 2.45. The van der Waals surface area contributed by atoms with Crippen LogP contribution in [0.2, 0.25) is 0 Å². The summed E-state index contributed by atoms with van der Waals surface area (Å²) in [6.07, 6.45) is 2.20. The van der Waals surface area contributed by atoms with Crippen LogP contribution >= 0.6 is 15.9 Å². The molecule has 0 radical (unpaired) electrons. The molecule has 1 amide bonds. The molecule has 1 aromatic rings. The molecule has 0 saturated carbocycles. The van der Waals surface area contributed by atoms with E-state index in [1.54, 1.807) is 6.07 Å². The molecule has 1 atom stereocenters. The van der Waals surface area contributed by atoms with Gasteiger partial charge in [-0.25, -0.2) is 0 Å². The summed E-state index contributed by atoms with van der Waals surface area (Å²) in [7, 11) is 0. The lowest BCUT2D eigenvalue weighted by Crippen LogP contribution is -2.38. The van der Waals surface area contributed by atoms with Crippen LogP contribution in [0.3, 0.4) is 0 Å². The number of nitrogens with zero attached hydrogens (tertiary/aromatic N) is 1. The van der Waals surface area contributed by atoms with Crippen molar-refractivity contribution in [2.24, 2.45) is 5.92 Å². The fourth-order valence-corrected chi connectivity index (χ4v) is 2.73. The van der Waals surface area contributed by atoms with E-state index in [1.165, 1.54) is 12.1 Å². The quantitative estimate of drug-likeness (QED) is 0.648. The number of carbonyl (C=O) groups is 1. The van der Waals surface area contributed by atoms with Gasteiger partial charge in [-0.1, -0.05) is 15.9 Å². The smallest absolute Gasteiger partial charge is 0.271 e. The number of hydrogen-bond acceptors (Lipinski definition) is 4. The average molecular weight is 342 g/mol. The van der Waals surface area contributed by atoms with Gasteiger partial charge in [-0.3, -0.25) is 14.9 Å². The standard InChI is InChI=1S/C13H16BrN3O3/c14-11-4-10(5-12(6-11)17(19)20)13(18)16-8-9-2-1-3-15-7-9/h4-6,9,15H,1-3,7-8H2,(H,16,18). The minimum atomic E-state index is -0.507. The van der Waals surface area contributed by atoms with Gasteiger partial charge in [0.05, 0.1) is 4.92 Å². The van der Waals surface area contributed by atoms with Crippen LogP contribution in [-0.4, -0.2) is 30.5 Å². The molecule has 108 valence electrons. The Balaban J connectivity index is 1.99. The summed E-state index contributed by atoms with van der Waals surface area (Å²) in [5, 5.41) is 16.9. The maximum atomic E-state index is 12.0. The maximum Gasteiger partial charge on any atom is 0.271 e. The van der Waals surface area contributed by atoms with Crippen LogP contribution in [0.5, 0.6) is 0 Å². The van der Waals surface area contributed by atoms with Crippen LogP contribution in [0.25, 0.3) is 0 Å². The monoisotopic (exact) mass is 341 g/mol. The second kappa shape index (κ2) is 6.81. The Morgan fingerprint density at radius 2 is 2.30 bits per heavy atom. The number of hydrogen-bond donors (Lipinski definition) is 2. The van der Waals surface area contributed by atoms with Crippen LogP contribution in [0.15, 0.2) is 22.7 Å². The minimum absolute atomic E-state index is 0.0936. The van der Waals surface area contributed by atoms with Gasteiger partial charge in [0.25, 0.3) is 11.6 Å². The number of amides is 1. The van der Waals surface area contributed by atoms with Gasteiger partial charge < -0.3 is 10.6 Å². The Labute approximate surface area is 125 Å². The number of non-ortho nitro benzene ring substituents is 1. The molecule has 1 aromatic carbocycles. The van der Waals surface area contributed by atoms with E-state index in [0.29, 0.717) is 22.5 Å². The molecule has 1 aliphatic rings. The molecule has 0 spiro atoms. The van der Waals surface area contributed by atoms with Crippen LogP contribution in [0.4, 0.5) is 5.69 Å². The number of nitro groups is 1. The van der Waals surface area contributed by atoms with Crippen LogP contribution < -0.4 is 10.6 Å². The Morgan fingerprint density at radius 3 is 2.95 bits per heavy atom. The summed E-state index contributed by atoms with van der Waals surface area (Å²) in [6.45, 7) is 2.52. The first kappa shape index (κ1) is 14.9. The van der Waals surface area contributed by atoms with Crippen molar-refractivity contribution in [3.63, 3.8) is 0 Å². The Morgan fingerprint density at radius 1 is 1.50 bits per heavy atom. The summed E-state index contributed by atoms with van der Waals surface area (Å²) in [5.74, 6) is 0.148. The number of benzene rings is 1. The first-order valence-electron chi connectivity index (χ1n) is 6.50. The third-order valence-corrected chi connectivity index (χ3v) is 3.76. The topological polar surface area (TPSA) is 84.3 Å². The van der Waals surface area contributed by atoms with Crippen LogP contribution in [-0.2, 0) is 0 Å². The molecule has 2 rings (SSSR count). The minimum Gasteiger partial charge on any atom is -0.352 e. The highest BCUT2D eigenvalue weighted by Gasteiger charge is 2.17.